The number of hydrogen-bond acceptors (Lipinski definition) is 6. The first kappa shape index (κ1) is 18.3. The molecule has 1 heterocycles. The summed E-state index contributed by atoms with van der Waals surface area (Å²) in [6.45, 7) is 3.19. The van der Waals surface area contributed by atoms with Gasteiger partial charge in [-0.1, -0.05) is 12.1 Å². The molecule has 2 N–H and O–H groups in total. The Morgan fingerprint density at radius 3 is 2.91 bits per heavy atom. The Morgan fingerprint density at radius 2 is 2.22 bits per heavy atom. The van der Waals surface area contributed by atoms with Crippen molar-refractivity contribution in [1.29, 1.82) is 0 Å². The van der Waals surface area contributed by atoms with Gasteiger partial charge >= 0.3 is 0 Å². The van der Waals surface area contributed by atoms with Gasteiger partial charge < -0.3 is 20.1 Å². The third-order valence-electron chi connectivity index (χ3n) is 3.46. The van der Waals surface area contributed by atoms with Crippen LogP contribution in [0.5, 0.6) is 11.5 Å². The van der Waals surface area contributed by atoms with Crippen molar-refractivity contribution in [2.75, 3.05) is 31.8 Å². The molecule has 1 aliphatic heterocycles. The lowest BCUT2D eigenvalue weighted by Gasteiger charge is -2.24. The number of rotatable bonds is 8. The molecule has 1 aromatic carbocycles. The second-order valence-corrected chi connectivity index (χ2v) is 7.97. The Kier molecular flexibility index (Phi) is 7.39. The van der Waals surface area contributed by atoms with E-state index in [9.17, 15) is 4.79 Å². The average molecular weight is 357 g/mol. The summed E-state index contributed by atoms with van der Waals surface area (Å²) < 4.78 is 11.2. The van der Waals surface area contributed by atoms with E-state index in [0.29, 0.717) is 24.5 Å². The summed E-state index contributed by atoms with van der Waals surface area (Å²) in [5.74, 6) is 3.31. The Labute approximate surface area is 146 Å². The molecule has 0 radical (unpaired) electrons. The fourth-order valence-electron chi connectivity index (χ4n) is 2.32. The molecule has 0 bridgehead atoms. The van der Waals surface area contributed by atoms with Crippen LogP contribution in [-0.2, 0) is 4.79 Å². The number of thioether (sulfide) groups is 2. The maximum atomic E-state index is 12.3. The number of amides is 1. The first-order chi connectivity index (χ1) is 11.1. The molecular formula is C16H24N2O3S2. The zero-order valence-corrected chi connectivity index (χ0v) is 15.2. The maximum absolute atomic E-state index is 12.3. The number of benzene rings is 1. The summed E-state index contributed by atoms with van der Waals surface area (Å²) >= 11 is 3.37. The summed E-state index contributed by atoms with van der Waals surface area (Å²) in [5.41, 5.74) is 5.70. The second-order valence-electron chi connectivity index (χ2n) is 5.20. The maximum Gasteiger partial charge on any atom is 0.224 e. The van der Waals surface area contributed by atoms with E-state index < -0.39 is 0 Å². The van der Waals surface area contributed by atoms with Gasteiger partial charge in [-0.05, 0) is 19.1 Å². The van der Waals surface area contributed by atoms with E-state index in [1.54, 1.807) is 30.6 Å². The molecule has 1 fully saturated rings. The molecule has 128 valence electrons. The van der Waals surface area contributed by atoms with Gasteiger partial charge in [0.05, 0.1) is 7.11 Å². The van der Waals surface area contributed by atoms with Crippen LogP contribution in [0.4, 0.5) is 0 Å². The van der Waals surface area contributed by atoms with Crippen LogP contribution in [0.25, 0.3) is 0 Å². The molecule has 23 heavy (non-hydrogen) atoms. The van der Waals surface area contributed by atoms with E-state index in [1.165, 1.54) is 0 Å². The van der Waals surface area contributed by atoms with Crippen LogP contribution >= 0.6 is 23.5 Å². The third kappa shape index (κ3) is 5.51. The molecule has 0 spiro atoms. The van der Waals surface area contributed by atoms with Crippen molar-refractivity contribution in [2.45, 2.75) is 24.1 Å². The SMILES string of the molecule is COc1ccccc1OCC1SCCN1C(=O)CCSC(C)N. The normalized spacial score (nSPS) is 18.7. The summed E-state index contributed by atoms with van der Waals surface area (Å²) in [7, 11) is 1.62. The third-order valence-corrected chi connectivity index (χ3v) is 5.62. The lowest BCUT2D eigenvalue weighted by molar-refractivity contribution is -0.131. The van der Waals surface area contributed by atoms with Crippen LogP contribution in [0.1, 0.15) is 13.3 Å². The van der Waals surface area contributed by atoms with E-state index in [0.717, 1.165) is 18.1 Å². The van der Waals surface area contributed by atoms with Crippen LogP contribution in [0, 0.1) is 0 Å². The summed E-state index contributed by atoms with van der Waals surface area (Å²) in [4.78, 5) is 14.3. The number of ether oxygens (including phenoxy) is 2. The molecule has 7 heteroatoms. The standard InChI is InChI=1S/C16H24N2O3S2/c1-12(17)22-9-7-15(19)18-8-10-23-16(18)11-21-14-6-4-3-5-13(14)20-2/h3-6,12,16H,7-11,17H2,1-2H3. The predicted molar refractivity (Wildman–Crippen MR) is 97.2 cm³/mol. The van der Waals surface area contributed by atoms with Crippen LogP contribution in [0.15, 0.2) is 24.3 Å². The van der Waals surface area contributed by atoms with Gasteiger partial charge in [-0.3, -0.25) is 4.79 Å². The van der Waals surface area contributed by atoms with E-state index in [2.05, 4.69) is 0 Å². The molecular weight excluding hydrogens is 332 g/mol. The Morgan fingerprint density at radius 1 is 1.48 bits per heavy atom. The molecule has 1 amide bonds. The average Bonchev–Trinajstić information content (AvgIpc) is 3.01. The van der Waals surface area contributed by atoms with E-state index in [1.807, 2.05) is 36.1 Å². The number of nitrogens with zero attached hydrogens (tertiary/aromatic N) is 1. The zero-order valence-electron chi connectivity index (χ0n) is 13.6. The Hall–Kier alpha value is -1.05. The van der Waals surface area contributed by atoms with Crippen LogP contribution in [-0.4, -0.2) is 53.3 Å². The predicted octanol–water partition coefficient (Wildman–Crippen LogP) is 2.40. The van der Waals surface area contributed by atoms with Crippen molar-refractivity contribution in [3.8, 4) is 11.5 Å². The number of carbonyl (C=O) groups is 1. The van der Waals surface area contributed by atoms with Crippen molar-refractivity contribution in [2.24, 2.45) is 5.73 Å². The van der Waals surface area contributed by atoms with Crippen molar-refractivity contribution in [1.82, 2.24) is 4.90 Å². The van der Waals surface area contributed by atoms with Gasteiger partial charge in [-0.2, -0.15) is 0 Å². The van der Waals surface area contributed by atoms with E-state index >= 15 is 0 Å². The van der Waals surface area contributed by atoms with Gasteiger partial charge in [-0.15, -0.1) is 23.5 Å². The minimum Gasteiger partial charge on any atom is -0.493 e. The number of hydrogen-bond donors (Lipinski definition) is 1. The Bertz CT molecular complexity index is 514. The second kappa shape index (κ2) is 9.30. The number of methoxy groups -OCH3 is 1. The molecule has 2 rings (SSSR count). The highest BCUT2D eigenvalue weighted by Crippen LogP contribution is 2.29. The van der Waals surface area contributed by atoms with Gasteiger partial charge in [0.25, 0.3) is 0 Å². The molecule has 2 unspecified atom stereocenters. The highest BCUT2D eigenvalue weighted by atomic mass is 32.2. The van der Waals surface area contributed by atoms with Crippen molar-refractivity contribution >= 4 is 29.4 Å². The number of nitrogens with two attached hydrogens (primary N) is 1. The lowest BCUT2D eigenvalue weighted by atomic mass is 10.3. The fraction of sp³-hybridized carbons (Fsp3) is 0.562. The van der Waals surface area contributed by atoms with Crippen molar-refractivity contribution < 1.29 is 14.3 Å². The highest BCUT2D eigenvalue weighted by Gasteiger charge is 2.29. The zero-order chi connectivity index (χ0) is 16.7. The monoisotopic (exact) mass is 356 g/mol. The molecule has 1 aliphatic rings. The van der Waals surface area contributed by atoms with Crippen molar-refractivity contribution in [3.05, 3.63) is 24.3 Å². The van der Waals surface area contributed by atoms with Crippen LogP contribution in [0.2, 0.25) is 0 Å². The molecule has 1 aromatic rings. The summed E-state index contributed by atoms with van der Waals surface area (Å²) in [5, 5.41) is 0.133. The quantitative estimate of drug-likeness (QED) is 0.722. The minimum atomic E-state index is 0.0627. The molecule has 0 aliphatic carbocycles. The smallest absolute Gasteiger partial charge is 0.224 e. The van der Waals surface area contributed by atoms with Gasteiger partial charge in [0, 0.05) is 29.8 Å². The number of para-hydroxylation sites is 2. The van der Waals surface area contributed by atoms with Gasteiger partial charge in [-0.25, -0.2) is 0 Å². The lowest BCUT2D eigenvalue weighted by Crippen LogP contribution is -2.38. The summed E-state index contributed by atoms with van der Waals surface area (Å²) in [6, 6.07) is 7.56. The Balaban J connectivity index is 1.85. The van der Waals surface area contributed by atoms with Gasteiger partial charge in [0.15, 0.2) is 11.5 Å². The van der Waals surface area contributed by atoms with E-state index in [-0.39, 0.29) is 16.7 Å². The first-order valence-corrected chi connectivity index (χ1v) is 9.75. The largest absolute Gasteiger partial charge is 0.493 e. The number of carbonyl (C=O) groups excluding carboxylic acids is 1. The van der Waals surface area contributed by atoms with Gasteiger partial charge in [0.2, 0.25) is 5.91 Å². The molecule has 0 aromatic heterocycles. The van der Waals surface area contributed by atoms with Crippen molar-refractivity contribution in [3.63, 3.8) is 0 Å². The molecule has 1 saturated heterocycles. The molecule has 0 saturated carbocycles. The van der Waals surface area contributed by atoms with Gasteiger partial charge in [0.1, 0.15) is 12.0 Å². The molecule has 5 nitrogen and oxygen atoms in total. The van der Waals surface area contributed by atoms with Crippen LogP contribution in [0.3, 0.4) is 0 Å². The van der Waals surface area contributed by atoms with E-state index in [4.69, 9.17) is 15.2 Å². The first-order valence-electron chi connectivity index (χ1n) is 7.66. The highest BCUT2D eigenvalue weighted by molar-refractivity contribution is 8.00. The topological polar surface area (TPSA) is 64.8 Å². The fourth-order valence-corrected chi connectivity index (χ4v) is 4.12. The molecule has 2 atom stereocenters. The summed E-state index contributed by atoms with van der Waals surface area (Å²) in [6.07, 6.45) is 0.526. The van der Waals surface area contributed by atoms with Crippen LogP contribution < -0.4 is 15.2 Å². The minimum absolute atomic E-state index is 0.0627.